The molecule has 0 N–H and O–H groups in total. The highest BCUT2D eigenvalue weighted by Gasteiger charge is 2.30. The minimum Gasteiger partial charge on any atom is -0.349 e. The minimum atomic E-state index is -0.934. The first-order valence-electron chi connectivity index (χ1n) is 39.6. The maximum absolute atomic E-state index is 14.2. The average Bonchev–Trinajstić information content (AvgIpc) is 0.969. The predicted molar refractivity (Wildman–Crippen MR) is 467 cm³/mol. The molecule has 0 aliphatic carbocycles. The Hall–Kier alpha value is -12.5. The van der Waals surface area contributed by atoms with Gasteiger partial charge in [-0.1, -0.05) is 79.2 Å². The Morgan fingerprint density at radius 2 is 0.833 bits per heavy atom. The summed E-state index contributed by atoms with van der Waals surface area (Å²) in [5.74, 6) is -7.75. The number of thiazole rings is 1. The molecular weight excluding hydrogens is 1760 g/mol. The first kappa shape index (κ1) is 92.6. The number of carbonyl (C=O) groups is 4. The van der Waals surface area contributed by atoms with Crippen LogP contribution in [0.5, 0.6) is 0 Å². The second-order valence-corrected chi connectivity index (χ2v) is 32.4. The van der Waals surface area contributed by atoms with Gasteiger partial charge >= 0.3 is 0 Å². The monoisotopic (exact) mass is 1840 g/mol. The standard InChI is InChI=1S/C23H18BrF3N4O.C23H18F4N4O.C23H23FN4OS.C21H21ClFN7O.ClH/c1-13-4-6-31(23-17(25)3-2-5-28-23)12-16(13)20-11-29-15(10-30-20)9-21(32)22-18(26)7-14(24)8-19(22)27;1-13-5-6-31(23-19(27)7-14(24)9-30-23)12-16(13)20-11-28-15(10-29-20)8-21(32)22-17(25)3-2-4-18(22)26;1-14-7-8-28(23-27-10-15(2)30-23)13-19(14)21-12-25-17(11-26-21)9-22(29)18-5-4-6-20(24)16(18)3;1-3-30-27-21(26-28-30)29-8-7-13(2)15(12-29)18-11-24-14(10-25-18)9-19(31)20-16(22)5-4-6-17(20)23;/h2-3,5,7-8,10-11H,4,6,9,12H2,1H3;2-4,7,9-11H,5-6,8,12H2,1H3;4-6,10-12H,7-9,13H2,1-3H3;4-6,10-11H,3,7-9,12H2,1-2H3;1H. The summed E-state index contributed by atoms with van der Waals surface area (Å²) in [6, 6.07) is 17.7. The van der Waals surface area contributed by atoms with Crippen LogP contribution < -0.4 is 19.6 Å². The van der Waals surface area contributed by atoms with Crippen LogP contribution in [0.3, 0.4) is 0 Å². The number of hydrogen-bond acceptors (Lipinski definition) is 23. The molecule has 126 heavy (non-hydrogen) atoms. The summed E-state index contributed by atoms with van der Waals surface area (Å²) < 4.78 is 125. The van der Waals surface area contributed by atoms with Crippen LogP contribution in [0.1, 0.15) is 158 Å². The van der Waals surface area contributed by atoms with Crippen LogP contribution in [-0.4, -0.2) is 151 Å². The van der Waals surface area contributed by atoms with Crippen LogP contribution in [-0.2, 0) is 32.2 Å². The fourth-order valence-corrected chi connectivity index (χ4v) is 15.7. The fraction of sp³-hybridized carbons (Fsp3) is 0.267. The van der Waals surface area contributed by atoms with Gasteiger partial charge in [0.05, 0.1) is 130 Å². The summed E-state index contributed by atoms with van der Waals surface area (Å²) in [5, 5.41) is 13.6. The molecular formula is C90H81BrCl2F9N19O4S. The smallest absolute Gasteiger partial charge is 0.266 e. The third kappa shape index (κ3) is 22.6. The van der Waals surface area contributed by atoms with Gasteiger partial charge < -0.3 is 19.6 Å². The van der Waals surface area contributed by atoms with Crippen molar-refractivity contribution in [1.82, 2.24) is 75.0 Å². The van der Waals surface area contributed by atoms with Crippen LogP contribution in [0.25, 0.3) is 22.3 Å². The summed E-state index contributed by atoms with van der Waals surface area (Å²) in [5.41, 5.74) is 12.3. The van der Waals surface area contributed by atoms with Crippen molar-refractivity contribution in [2.24, 2.45) is 0 Å². The summed E-state index contributed by atoms with van der Waals surface area (Å²) in [4.78, 5) is 108. The molecule has 12 aromatic rings. The molecule has 23 nitrogen and oxygen atoms in total. The van der Waals surface area contributed by atoms with E-state index < -0.39 is 75.0 Å². The number of aromatic nitrogens is 15. The number of carbonyl (C=O) groups excluding carboxylic acids is 4. The number of benzene rings is 4. The van der Waals surface area contributed by atoms with E-state index >= 15 is 0 Å². The highest BCUT2D eigenvalue weighted by molar-refractivity contribution is 9.10. The van der Waals surface area contributed by atoms with Crippen LogP contribution >= 0.6 is 51.3 Å². The molecule has 0 saturated carbocycles. The molecule has 4 aromatic carbocycles. The van der Waals surface area contributed by atoms with E-state index in [-0.39, 0.29) is 82.1 Å². The molecule has 0 amide bonds. The van der Waals surface area contributed by atoms with E-state index in [4.69, 9.17) is 11.6 Å². The van der Waals surface area contributed by atoms with Gasteiger partial charge in [-0.05, 0) is 162 Å². The number of Topliss-reactive ketones (excluding diaryl/α,β-unsaturated/α-hetero) is 4. The molecule has 8 aromatic heterocycles. The van der Waals surface area contributed by atoms with Crippen molar-refractivity contribution in [2.45, 2.75) is 106 Å². The van der Waals surface area contributed by atoms with Crippen molar-refractivity contribution >= 4 is 119 Å². The van der Waals surface area contributed by atoms with E-state index in [1.54, 1.807) is 77.1 Å². The third-order valence-corrected chi connectivity index (χ3v) is 23.0. The van der Waals surface area contributed by atoms with Gasteiger partial charge in [-0.2, -0.15) is 4.80 Å². The quantitative estimate of drug-likeness (QED) is 0.0478. The van der Waals surface area contributed by atoms with Crippen LogP contribution in [0.4, 0.5) is 62.2 Å². The number of tetrazole rings is 1. The Kier molecular flexibility index (Phi) is 30.9. The van der Waals surface area contributed by atoms with E-state index in [0.717, 1.165) is 125 Å². The maximum atomic E-state index is 14.2. The molecule has 0 radical (unpaired) electrons. The molecule has 0 spiro atoms. The van der Waals surface area contributed by atoms with E-state index in [9.17, 15) is 58.7 Å². The van der Waals surface area contributed by atoms with Crippen molar-refractivity contribution in [3.63, 3.8) is 0 Å². The van der Waals surface area contributed by atoms with Gasteiger partial charge in [-0.15, -0.1) is 28.8 Å². The van der Waals surface area contributed by atoms with Gasteiger partial charge in [0.2, 0.25) is 0 Å². The molecule has 36 heteroatoms. The van der Waals surface area contributed by atoms with Gasteiger partial charge in [0.25, 0.3) is 5.95 Å². The number of aryl methyl sites for hydroxylation is 2. The summed E-state index contributed by atoms with van der Waals surface area (Å²) in [6.07, 6.45) is 19.3. The van der Waals surface area contributed by atoms with Crippen molar-refractivity contribution < 1.29 is 58.7 Å². The normalized spacial score (nSPS) is 14.1. The number of nitrogens with zero attached hydrogens (tertiary/aromatic N) is 19. The lowest BCUT2D eigenvalue weighted by atomic mass is 9.99. The second-order valence-electron chi connectivity index (χ2n) is 29.8. The Morgan fingerprint density at radius 1 is 0.421 bits per heavy atom. The predicted octanol–water partition coefficient (Wildman–Crippen LogP) is 18.3. The van der Waals surface area contributed by atoms with Gasteiger partial charge in [0, 0.05) is 111 Å². The molecule has 0 fully saturated rings. The lowest BCUT2D eigenvalue weighted by Crippen LogP contribution is -2.32. The van der Waals surface area contributed by atoms with Gasteiger partial charge in [0.15, 0.2) is 51.5 Å². The number of hydrogen-bond donors (Lipinski definition) is 0. The lowest BCUT2D eigenvalue weighted by molar-refractivity contribution is 0.0974. The zero-order valence-corrected chi connectivity index (χ0v) is 73.0. The Morgan fingerprint density at radius 3 is 1.28 bits per heavy atom. The maximum Gasteiger partial charge on any atom is 0.266 e. The number of halogens is 12. The van der Waals surface area contributed by atoms with Gasteiger partial charge in [0.1, 0.15) is 40.7 Å². The average molecular weight is 1850 g/mol. The largest absolute Gasteiger partial charge is 0.349 e. The second kappa shape index (κ2) is 42.0. The molecule has 0 bridgehead atoms. The van der Waals surface area contributed by atoms with Crippen molar-refractivity contribution in [1.29, 1.82) is 0 Å². The SMILES string of the molecule is CC1=C(c2cnc(CC(=O)c3c(F)cc(Br)cc3F)cn2)CN(c2ncccc2F)CC1.CC1=C(c2cnc(CC(=O)c3c(F)cccc3F)cn2)CN(c2ncc(F)cc2F)CC1.CC1=C(c2cnc(CC(=O)c3cccc(F)c3C)cn2)CN(c2ncc(C)s2)CC1.CCn1nnc(N2CCC(C)=C(c3cnc(CC(=O)c4c(F)cccc4Cl)cn3)C2)n1.Cl. The highest BCUT2D eigenvalue weighted by atomic mass is 79.9. The highest BCUT2D eigenvalue weighted by Crippen LogP contribution is 2.36. The molecule has 650 valence electrons. The number of ketones is 4. The number of rotatable bonds is 21. The first-order chi connectivity index (χ1) is 60.0. The van der Waals surface area contributed by atoms with Crippen molar-refractivity contribution in [3.05, 3.63) is 315 Å². The fourth-order valence-electron chi connectivity index (χ4n) is 14.2. The van der Waals surface area contributed by atoms with Crippen molar-refractivity contribution in [2.75, 3.05) is 72.0 Å². The molecule has 4 aliphatic rings. The molecule has 16 rings (SSSR count). The van der Waals surface area contributed by atoms with E-state index in [1.165, 1.54) is 77.2 Å². The topological polar surface area (TPSA) is 267 Å². The number of anilines is 4. The summed E-state index contributed by atoms with van der Waals surface area (Å²) >= 11 is 10.7. The molecule has 4 aliphatic heterocycles. The number of pyridine rings is 2. The van der Waals surface area contributed by atoms with Crippen LogP contribution in [0.15, 0.2) is 180 Å². The first-order valence-corrected chi connectivity index (χ1v) is 41.5. The van der Waals surface area contributed by atoms with E-state index in [0.29, 0.717) is 91.2 Å². The summed E-state index contributed by atoms with van der Waals surface area (Å²) in [6.45, 7) is 19.4. The Labute approximate surface area is 742 Å². The van der Waals surface area contributed by atoms with Crippen LogP contribution in [0.2, 0.25) is 5.02 Å². The zero-order valence-electron chi connectivity index (χ0n) is 69.1. The van der Waals surface area contributed by atoms with E-state index in [1.807, 2.05) is 31.9 Å². The Balaban J connectivity index is 0.000000152. The molecule has 0 saturated heterocycles. The van der Waals surface area contributed by atoms with Crippen molar-refractivity contribution in [3.8, 4) is 0 Å². The Bertz CT molecular complexity index is 6120. The molecule has 12 heterocycles. The van der Waals surface area contributed by atoms with E-state index in [2.05, 4.69) is 117 Å². The lowest BCUT2D eigenvalue weighted by Gasteiger charge is -2.30. The zero-order chi connectivity index (χ0) is 88.9. The summed E-state index contributed by atoms with van der Waals surface area (Å²) in [7, 11) is 0. The van der Waals surface area contributed by atoms with Crippen LogP contribution in [0, 0.1) is 66.2 Å². The molecule has 0 atom stereocenters. The van der Waals surface area contributed by atoms with Gasteiger partial charge in [-0.3, -0.25) is 59.0 Å². The molecule has 0 unspecified atom stereocenters. The third-order valence-electron chi connectivity index (χ3n) is 21.3. The minimum absolute atomic E-state index is 0. The van der Waals surface area contributed by atoms with Gasteiger partial charge in [-0.25, -0.2) is 54.5 Å².